The van der Waals surface area contributed by atoms with Crippen LogP contribution in [0.1, 0.15) is 33.2 Å². The van der Waals surface area contributed by atoms with Crippen molar-refractivity contribution >= 4 is 34.4 Å². The van der Waals surface area contributed by atoms with Crippen LogP contribution in [0.5, 0.6) is 0 Å². The highest BCUT2D eigenvalue weighted by molar-refractivity contribution is 6.23. The molecule has 140 valence electrons. The molecule has 1 N–H and O–H groups in total. The Kier molecular flexibility index (Phi) is 4.07. The second-order valence-corrected chi connectivity index (χ2v) is 6.65. The number of fused-ring (bicyclic) bond motifs is 2. The molecule has 28 heavy (non-hydrogen) atoms. The number of anilines is 1. The van der Waals surface area contributed by atoms with Crippen molar-refractivity contribution in [3.63, 3.8) is 0 Å². The number of benzene rings is 2. The van der Waals surface area contributed by atoms with Gasteiger partial charge >= 0.3 is 5.63 Å². The van der Waals surface area contributed by atoms with Crippen LogP contribution in [0.3, 0.4) is 0 Å². The molecule has 1 atom stereocenters. The number of aryl methyl sites for hydroxylation is 1. The summed E-state index contributed by atoms with van der Waals surface area (Å²) in [7, 11) is 0. The van der Waals surface area contributed by atoms with Gasteiger partial charge in [-0.05, 0) is 43.7 Å². The molecule has 7 nitrogen and oxygen atoms in total. The van der Waals surface area contributed by atoms with Crippen molar-refractivity contribution in [3.05, 3.63) is 75.6 Å². The highest BCUT2D eigenvalue weighted by atomic mass is 16.4. The molecule has 0 unspecified atom stereocenters. The van der Waals surface area contributed by atoms with Gasteiger partial charge in [0.15, 0.2) is 0 Å². The molecule has 0 radical (unpaired) electrons. The minimum atomic E-state index is -1.01. The number of carbonyl (C=O) groups is 3. The van der Waals surface area contributed by atoms with Gasteiger partial charge < -0.3 is 9.73 Å². The lowest BCUT2D eigenvalue weighted by Crippen LogP contribution is -2.45. The predicted molar refractivity (Wildman–Crippen MR) is 102 cm³/mol. The number of carbonyl (C=O) groups excluding carboxylic acids is 3. The fourth-order valence-corrected chi connectivity index (χ4v) is 3.33. The van der Waals surface area contributed by atoms with Crippen LogP contribution in [0.2, 0.25) is 0 Å². The van der Waals surface area contributed by atoms with Gasteiger partial charge in [-0.1, -0.05) is 12.1 Å². The Morgan fingerprint density at radius 3 is 2.29 bits per heavy atom. The van der Waals surface area contributed by atoms with Crippen molar-refractivity contribution in [2.45, 2.75) is 19.9 Å². The minimum Gasteiger partial charge on any atom is -0.423 e. The number of amides is 3. The van der Waals surface area contributed by atoms with Crippen molar-refractivity contribution < 1.29 is 18.8 Å². The topological polar surface area (TPSA) is 96.7 Å². The number of rotatable bonds is 3. The average Bonchev–Trinajstić information content (AvgIpc) is 2.91. The lowest BCUT2D eigenvalue weighted by molar-refractivity contribution is -0.119. The molecule has 1 aliphatic heterocycles. The summed E-state index contributed by atoms with van der Waals surface area (Å²) >= 11 is 0. The third kappa shape index (κ3) is 2.77. The second kappa shape index (κ2) is 6.45. The number of hydrogen-bond donors (Lipinski definition) is 1. The van der Waals surface area contributed by atoms with E-state index in [1.54, 1.807) is 43.3 Å². The molecule has 0 aliphatic carbocycles. The first-order chi connectivity index (χ1) is 13.4. The van der Waals surface area contributed by atoms with Gasteiger partial charge in [-0.15, -0.1) is 0 Å². The van der Waals surface area contributed by atoms with Crippen LogP contribution in [-0.2, 0) is 4.79 Å². The highest BCUT2D eigenvalue weighted by Crippen LogP contribution is 2.25. The zero-order chi connectivity index (χ0) is 20.0. The maximum atomic E-state index is 12.7. The van der Waals surface area contributed by atoms with E-state index in [4.69, 9.17) is 4.42 Å². The molecule has 3 aromatic rings. The lowest BCUT2D eigenvalue weighted by atomic mass is 10.1. The van der Waals surface area contributed by atoms with Crippen LogP contribution in [0, 0.1) is 6.92 Å². The molecule has 7 heteroatoms. The number of nitrogens with one attached hydrogen (secondary N) is 1. The molecule has 2 heterocycles. The largest absolute Gasteiger partial charge is 0.423 e. The lowest BCUT2D eigenvalue weighted by Gasteiger charge is -2.21. The molecule has 1 aromatic heterocycles. The third-order valence-corrected chi connectivity index (χ3v) is 4.81. The summed E-state index contributed by atoms with van der Waals surface area (Å²) in [6.07, 6.45) is 0. The van der Waals surface area contributed by atoms with Gasteiger partial charge in [-0.25, -0.2) is 4.79 Å². The normalized spacial score (nSPS) is 14.3. The van der Waals surface area contributed by atoms with Gasteiger partial charge in [0.2, 0.25) is 5.91 Å². The van der Waals surface area contributed by atoms with Gasteiger partial charge in [-0.2, -0.15) is 0 Å². The molecule has 1 aliphatic rings. The van der Waals surface area contributed by atoms with Crippen LogP contribution >= 0.6 is 0 Å². The molecular weight excluding hydrogens is 360 g/mol. The van der Waals surface area contributed by atoms with Gasteiger partial charge in [-0.3, -0.25) is 19.3 Å². The third-order valence-electron chi connectivity index (χ3n) is 4.81. The SMILES string of the molecule is Cc1cc(=O)oc2cc(NC(=O)[C@@H](C)N3C(=O)c4ccccc4C3=O)ccc12. The van der Waals surface area contributed by atoms with Crippen molar-refractivity contribution in [1.29, 1.82) is 0 Å². The van der Waals surface area contributed by atoms with E-state index in [-0.39, 0.29) is 11.1 Å². The monoisotopic (exact) mass is 376 g/mol. The molecule has 0 saturated carbocycles. The van der Waals surface area contributed by atoms with Crippen LogP contribution in [0.4, 0.5) is 5.69 Å². The summed E-state index contributed by atoms with van der Waals surface area (Å²) in [5.41, 5.74) is 1.60. The quantitative estimate of drug-likeness (QED) is 0.560. The summed E-state index contributed by atoms with van der Waals surface area (Å²) in [5, 5.41) is 3.43. The second-order valence-electron chi connectivity index (χ2n) is 6.65. The van der Waals surface area contributed by atoms with E-state index in [0.29, 0.717) is 11.3 Å². The summed E-state index contributed by atoms with van der Waals surface area (Å²) in [6, 6.07) is 11.8. The molecule has 0 spiro atoms. The molecule has 3 amide bonds. The van der Waals surface area contributed by atoms with Crippen LogP contribution in [0.25, 0.3) is 11.0 Å². The summed E-state index contributed by atoms with van der Waals surface area (Å²) in [6.45, 7) is 3.28. The Morgan fingerprint density at radius 2 is 1.64 bits per heavy atom. The first-order valence-electron chi connectivity index (χ1n) is 8.69. The fourth-order valence-electron chi connectivity index (χ4n) is 3.33. The van der Waals surface area contributed by atoms with E-state index in [9.17, 15) is 19.2 Å². The van der Waals surface area contributed by atoms with Crippen LogP contribution < -0.4 is 10.9 Å². The fraction of sp³-hybridized carbons (Fsp3) is 0.143. The van der Waals surface area contributed by atoms with Gasteiger partial charge in [0.05, 0.1) is 11.1 Å². The minimum absolute atomic E-state index is 0.287. The summed E-state index contributed by atoms with van der Waals surface area (Å²) in [4.78, 5) is 50.2. The Hall–Kier alpha value is -3.74. The van der Waals surface area contributed by atoms with E-state index in [0.717, 1.165) is 15.8 Å². The Labute approximate surface area is 159 Å². The van der Waals surface area contributed by atoms with Gasteiger partial charge in [0.25, 0.3) is 11.8 Å². The summed E-state index contributed by atoms with van der Waals surface area (Å²) in [5.74, 6) is -1.52. The van der Waals surface area contributed by atoms with E-state index < -0.39 is 29.4 Å². The molecular formula is C21H16N2O5. The number of nitrogens with zero attached hydrogens (tertiary/aromatic N) is 1. The maximum absolute atomic E-state index is 12.7. The predicted octanol–water partition coefficient (Wildman–Crippen LogP) is 2.72. The van der Waals surface area contributed by atoms with Crippen molar-refractivity contribution in [1.82, 2.24) is 4.90 Å². The number of hydrogen-bond acceptors (Lipinski definition) is 5. The van der Waals surface area contributed by atoms with Crippen LogP contribution in [0.15, 0.2) is 57.7 Å². The Bertz CT molecular complexity index is 1180. The highest BCUT2D eigenvalue weighted by Gasteiger charge is 2.40. The molecule has 0 fully saturated rings. The van der Waals surface area contributed by atoms with Crippen LogP contribution in [-0.4, -0.2) is 28.7 Å². The standard InChI is InChI=1S/C21H16N2O5/c1-11-9-18(24)28-17-10-13(7-8-14(11)17)22-19(25)12(2)23-20(26)15-5-3-4-6-16(15)21(23)27/h3-10,12H,1-2H3,(H,22,25)/t12-/m1/s1. The first-order valence-corrected chi connectivity index (χ1v) is 8.69. The molecule has 0 saturated heterocycles. The van der Waals surface area contributed by atoms with Gasteiger partial charge in [0, 0.05) is 23.2 Å². The first kappa shape index (κ1) is 17.7. The molecule has 4 rings (SSSR count). The van der Waals surface area contributed by atoms with Gasteiger partial charge in [0.1, 0.15) is 11.6 Å². The molecule has 2 aromatic carbocycles. The summed E-state index contributed by atoms with van der Waals surface area (Å²) < 4.78 is 5.18. The smallest absolute Gasteiger partial charge is 0.336 e. The van der Waals surface area contributed by atoms with Crippen molar-refractivity contribution in [3.8, 4) is 0 Å². The Balaban J connectivity index is 1.59. The van der Waals surface area contributed by atoms with E-state index in [1.807, 2.05) is 0 Å². The maximum Gasteiger partial charge on any atom is 0.336 e. The van der Waals surface area contributed by atoms with Crippen molar-refractivity contribution in [2.75, 3.05) is 5.32 Å². The Morgan fingerprint density at radius 1 is 1.00 bits per heavy atom. The average molecular weight is 376 g/mol. The van der Waals surface area contributed by atoms with E-state index in [1.165, 1.54) is 19.1 Å². The van der Waals surface area contributed by atoms with E-state index >= 15 is 0 Å². The number of imide groups is 1. The molecule has 0 bridgehead atoms. The van der Waals surface area contributed by atoms with E-state index in [2.05, 4.69) is 5.32 Å². The zero-order valence-corrected chi connectivity index (χ0v) is 15.2. The van der Waals surface area contributed by atoms with Crippen molar-refractivity contribution in [2.24, 2.45) is 0 Å². The zero-order valence-electron chi connectivity index (χ0n) is 15.2.